The van der Waals surface area contributed by atoms with E-state index in [0.717, 1.165) is 6.08 Å². The lowest BCUT2D eigenvalue weighted by molar-refractivity contribution is -0.113. The van der Waals surface area contributed by atoms with Gasteiger partial charge in [-0.3, -0.25) is 4.79 Å². The number of carbonyl (C=O) groups is 1. The van der Waals surface area contributed by atoms with Crippen molar-refractivity contribution in [3.63, 3.8) is 0 Å². The summed E-state index contributed by atoms with van der Waals surface area (Å²) in [6.07, 6.45) is 2.34. The Balaban J connectivity index is 3.00. The van der Waals surface area contributed by atoms with Crippen molar-refractivity contribution in [2.45, 2.75) is 6.61 Å². The number of aliphatic hydroxyl groups excluding tert-OH is 1. The zero-order valence-electron chi connectivity index (χ0n) is 7.40. The van der Waals surface area contributed by atoms with E-state index in [9.17, 15) is 9.18 Å². The molecule has 0 saturated heterocycles. The summed E-state index contributed by atoms with van der Waals surface area (Å²) in [5.41, 5.74) is 5.67. The number of carbonyl (C=O) groups excluding carboxylic acids is 1. The van der Waals surface area contributed by atoms with Gasteiger partial charge in [-0.1, -0.05) is 6.07 Å². The molecule has 0 fully saturated rings. The molecule has 0 unspecified atom stereocenters. The molecule has 0 aromatic heterocycles. The maximum Gasteiger partial charge on any atom is 0.241 e. The molecule has 74 valence electrons. The summed E-state index contributed by atoms with van der Waals surface area (Å²) in [4.78, 5) is 10.4. The van der Waals surface area contributed by atoms with E-state index in [0.29, 0.717) is 5.56 Å². The second kappa shape index (κ2) is 4.53. The third-order valence-corrected chi connectivity index (χ3v) is 1.67. The van der Waals surface area contributed by atoms with Gasteiger partial charge >= 0.3 is 0 Å². The van der Waals surface area contributed by atoms with Gasteiger partial charge in [-0.2, -0.15) is 0 Å². The molecule has 0 saturated carbocycles. The number of rotatable bonds is 3. The van der Waals surface area contributed by atoms with E-state index in [4.69, 9.17) is 10.8 Å². The minimum atomic E-state index is -0.640. The number of aliphatic hydroxyl groups is 1. The first-order valence-corrected chi connectivity index (χ1v) is 4.00. The van der Waals surface area contributed by atoms with Crippen LogP contribution in [0.5, 0.6) is 0 Å². The van der Waals surface area contributed by atoms with Crippen molar-refractivity contribution >= 4 is 12.0 Å². The highest BCUT2D eigenvalue weighted by molar-refractivity contribution is 5.90. The van der Waals surface area contributed by atoms with Crippen molar-refractivity contribution < 1.29 is 14.3 Å². The van der Waals surface area contributed by atoms with E-state index >= 15 is 0 Å². The molecule has 3 N–H and O–H groups in total. The lowest BCUT2D eigenvalue weighted by Gasteiger charge is -1.99. The SMILES string of the molecule is NC(=O)C=Cc1cc(CO)ccc1F. The summed E-state index contributed by atoms with van der Waals surface area (Å²) in [6.45, 7) is -0.169. The first-order valence-electron chi connectivity index (χ1n) is 4.00. The summed E-state index contributed by atoms with van der Waals surface area (Å²) in [5.74, 6) is -1.10. The van der Waals surface area contributed by atoms with Crippen LogP contribution < -0.4 is 5.73 Å². The Hall–Kier alpha value is -1.68. The number of hydrogen-bond acceptors (Lipinski definition) is 2. The van der Waals surface area contributed by atoms with Gasteiger partial charge in [0.2, 0.25) is 5.91 Å². The Morgan fingerprint density at radius 3 is 2.86 bits per heavy atom. The molecule has 1 amide bonds. The Bertz CT molecular complexity index is 374. The number of benzene rings is 1. The molecule has 1 rings (SSSR count). The molecule has 4 heteroatoms. The van der Waals surface area contributed by atoms with Crippen LogP contribution in [0.25, 0.3) is 6.08 Å². The molecule has 14 heavy (non-hydrogen) atoms. The van der Waals surface area contributed by atoms with Crippen LogP contribution in [0.3, 0.4) is 0 Å². The van der Waals surface area contributed by atoms with Gasteiger partial charge < -0.3 is 10.8 Å². The smallest absolute Gasteiger partial charge is 0.241 e. The molecule has 1 aromatic rings. The van der Waals surface area contributed by atoms with Crippen LogP contribution in [0.15, 0.2) is 24.3 Å². The van der Waals surface area contributed by atoms with Gasteiger partial charge in [0.25, 0.3) is 0 Å². The van der Waals surface area contributed by atoms with Gasteiger partial charge in [0.15, 0.2) is 0 Å². The molecular weight excluding hydrogens is 185 g/mol. The lowest BCUT2D eigenvalue weighted by atomic mass is 10.1. The van der Waals surface area contributed by atoms with E-state index in [1.165, 1.54) is 24.3 Å². The van der Waals surface area contributed by atoms with Gasteiger partial charge in [-0.05, 0) is 23.8 Å². The highest BCUT2D eigenvalue weighted by Gasteiger charge is 2.00. The van der Waals surface area contributed by atoms with Crippen molar-refractivity contribution in [3.8, 4) is 0 Å². The fourth-order valence-corrected chi connectivity index (χ4v) is 0.991. The van der Waals surface area contributed by atoms with E-state index in [2.05, 4.69) is 0 Å². The van der Waals surface area contributed by atoms with Crippen LogP contribution in [-0.4, -0.2) is 11.0 Å². The van der Waals surface area contributed by atoms with Crippen molar-refractivity contribution in [2.24, 2.45) is 5.73 Å². The Labute approximate surface area is 80.7 Å². The van der Waals surface area contributed by atoms with Crippen LogP contribution in [0.4, 0.5) is 4.39 Å². The molecule has 0 aliphatic carbocycles. The largest absolute Gasteiger partial charge is 0.392 e. The highest BCUT2D eigenvalue weighted by Crippen LogP contribution is 2.12. The Kier molecular flexibility index (Phi) is 3.36. The minimum absolute atomic E-state index is 0.169. The van der Waals surface area contributed by atoms with Gasteiger partial charge in [-0.15, -0.1) is 0 Å². The average Bonchev–Trinajstić information content (AvgIpc) is 2.16. The number of amides is 1. The minimum Gasteiger partial charge on any atom is -0.392 e. The van der Waals surface area contributed by atoms with Crippen molar-refractivity contribution in [1.82, 2.24) is 0 Å². The lowest BCUT2D eigenvalue weighted by Crippen LogP contribution is -2.05. The van der Waals surface area contributed by atoms with E-state index in [1.807, 2.05) is 0 Å². The molecule has 0 heterocycles. The molecule has 0 radical (unpaired) electrons. The molecule has 0 bridgehead atoms. The Morgan fingerprint density at radius 2 is 2.29 bits per heavy atom. The predicted molar refractivity (Wildman–Crippen MR) is 50.6 cm³/mol. The van der Waals surface area contributed by atoms with Gasteiger partial charge in [0.05, 0.1) is 6.61 Å². The number of halogens is 1. The van der Waals surface area contributed by atoms with E-state index in [-0.39, 0.29) is 12.2 Å². The fourth-order valence-electron chi connectivity index (χ4n) is 0.991. The summed E-state index contributed by atoms with van der Waals surface area (Å²) < 4.78 is 13.1. The van der Waals surface area contributed by atoms with Crippen molar-refractivity contribution in [3.05, 3.63) is 41.2 Å². The standard InChI is InChI=1S/C10H10FNO2/c11-9-3-1-7(6-13)5-8(9)2-4-10(12)14/h1-5,13H,6H2,(H2,12,14). The maximum atomic E-state index is 13.1. The third kappa shape index (κ3) is 2.67. The van der Waals surface area contributed by atoms with Gasteiger partial charge in [-0.25, -0.2) is 4.39 Å². The van der Waals surface area contributed by atoms with Crippen LogP contribution in [0.1, 0.15) is 11.1 Å². The summed E-state index contributed by atoms with van der Waals surface area (Å²) >= 11 is 0. The average molecular weight is 195 g/mol. The first kappa shape index (κ1) is 10.4. The molecule has 3 nitrogen and oxygen atoms in total. The van der Waals surface area contributed by atoms with Crippen molar-refractivity contribution in [2.75, 3.05) is 0 Å². The van der Waals surface area contributed by atoms with E-state index < -0.39 is 11.7 Å². The number of primary amides is 1. The molecule has 0 spiro atoms. The molecular formula is C10H10FNO2. The first-order chi connectivity index (χ1) is 6.63. The highest BCUT2D eigenvalue weighted by atomic mass is 19.1. The normalized spacial score (nSPS) is 10.7. The molecule has 1 aromatic carbocycles. The summed E-state index contributed by atoms with van der Waals surface area (Å²) in [7, 11) is 0. The van der Waals surface area contributed by atoms with Gasteiger partial charge in [0.1, 0.15) is 5.82 Å². The Morgan fingerprint density at radius 1 is 1.57 bits per heavy atom. The number of hydrogen-bond donors (Lipinski definition) is 2. The molecule has 0 aliphatic heterocycles. The molecule has 0 atom stereocenters. The summed E-state index contributed by atoms with van der Waals surface area (Å²) in [6, 6.07) is 4.15. The quantitative estimate of drug-likeness (QED) is 0.701. The summed E-state index contributed by atoms with van der Waals surface area (Å²) in [5, 5.41) is 8.79. The zero-order chi connectivity index (χ0) is 10.6. The van der Waals surface area contributed by atoms with Crippen LogP contribution in [-0.2, 0) is 11.4 Å². The van der Waals surface area contributed by atoms with Crippen molar-refractivity contribution in [1.29, 1.82) is 0 Å². The predicted octanol–water partition coefficient (Wildman–Crippen LogP) is 0.817. The monoisotopic (exact) mass is 195 g/mol. The fraction of sp³-hybridized carbons (Fsp3) is 0.100. The zero-order valence-corrected chi connectivity index (χ0v) is 7.40. The number of nitrogens with two attached hydrogens (primary N) is 1. The van der Waals surface area contributed by atoms with Crippen LogP contribution in [0, 0.1) is 5.82 Å². The van der Waals surface area contributed by atoms with Crippen LogP contribution >= 0.6 is 0 Å². The second-order valence-electron chi connectivity index (χ2n) is 2.75. The second-order valence-corrected chi connectivity index (χ2v) is 2.75. The maximum absolute atomic E-state index is 13.1. The topological polar surface area (TPSA) is 63.3 Å². The van der Waals surface area contributed by atoms with Crippen LogP contribution in [0.2, 0.25) is 0 Å². The third-order valence-electron chi connectivity index (χ3n) is 1.67. The van der Waals surface area contributed by atoms with E-state index in [1.54, 1.807) is 0 Å². The van der Waals surface area contributed by atoms with Gasteiger partial charge in [0, 0.05) is 11.6 Å². The molecule has 0 aliphatic rings.